The van der Waals surface area contributed by atoms with Gasteiger partial charge in [0.1, 0.15) is 6.61 Å². The van der Waals surface area contributed by atoms with Crippen LogP contribution < -0.4 is 14.9 Å². The molecule has 0 bridgehead atoms. The Kier molecular flexibility index (Phi) is 8.61. The van der Waals surface area contributed by atoms with Crippen LogP contribution in [-0.2, 0) is 17.8 Å². The summed E-state index contributed by atoms with van der Waals surface area (Å²) in [6, 6.07) is 16.8. The molecule has 0 radical (unpaired) electrons. The number of benzene rings is 3. The molecule has 0 aliphatic heterocycles. The smallest absolute Gasteiger partial charge is 0.269 e. The average molecular weight is 580 g/mol. The topological polar surface area (TPSA) is 103 Å². The van der Waals surface area contributed by atoms with Gasteiger partial charge in [-0.1, -0.05) is 41.9 Å². The summed E-state index contributed by atoms with van der Waals surface area (Å²) in [5, 5.41) is 15.3. The van der Waals surface area contributed by atoms with Gasteiger partial charge >= 0.3 is 0 Å². The third kappa shape index (κ3) is 6.90. The fraction of sp³-hybridized carbons (Fsp3) is 0.130. The van der Waals surface area contributed by atoms with Crippen molar-refractivity contribution in [1.82, 2.24) is 5.43 Å². The number of hydrazone groups is 1. The van der Waals surface area contributed by atoms with E-state index < -0.39 is 4.92 Å². The molecule has 0 saturated carbocycles. The zero-order chi connectivity index (χ0) is 23.8. The van der Waals surface area contributed by atoms with Crippen LogP contribution in [0.2, 0.25) is 5.02 Å². The van der Waals surface area contributed by atoms with Crippen molar-refractivity contribution in [2.45, 2.75) is 13.0 Å². The van der Waals surface area contributed by atoms with Crippen molar-refractivity contribution >= 4 is 52.0 Å². The maximum Gasteiger partial charge on any atom is 0.269 e. The molecule has 0 aliphatic carbocycles. The molecular formula is C23H19ClIN3O5. The Hall–Kier alpha value is -3.18. The van der Waals surface area contributed by atoms with Gasteiger partial charge in [-0.15, -0.1) is 0 Å². The lowest BCUT2D eigenvalue weighted by molar-refractivity contribution is -0.384. The summed E-state index contributed by atoms with van der Waals surface area (Å²) in [5.74, 6) is 0.756. The van der Waals surface area contributed by atoms with E-state index in [2.05, 4.69) is 33.1 Å². The zero-order valence-electron chi connectivity index (χ0n) is 17.5. The molecule has 0 unspecified atom stereocenters. The van der Waals surface area contributed by atoms with Crippen molar-refractivity contribution in [3.8, 4) is 11.5 Å². The first-order chi connectivity index (χ1) is 15.9. The molecule has 170 valence electrons. The number of carbonyl (C=O) groups is 1. The van der Waals surface area contributed by atoms with Gasteiger partial charge in [0.2, 0.25) is 5.91 Å². The van der Waals surface area contributed by atoms with Gasteiger partial charge in [0, 0.05) is 22.7 Å². The van der Waals surface area contributed by atoms with Crippen LogP contribution in [0.25, 0.3) is 0 Å². The highest BCUT2D eigenvalue weighted by Gasteiger charge is 2.12. The first-order valence-electron chi connectivity index (χ1n) is 9.66. The average Bonchev–Trinajstić information content (AvgIpc) is 2.79. The van der Waals surface area contributed by atoms with Crippen molar-refractivity contribution in [3.63, 3.8) is 0 Å². The Morgan fingerprint density at radius 3 is 2.61 bits per heavy atom. The number of rotatable bonds is 9. The Bertz CT molecular complexity index is 1190. The molecule has 0 fully saturated rings. The molecule has 1 amide bonds. The fourth-order valence-electron chi connectivity index (χ4n) is 2.86. The third-order valence-electron chi connectivity index (χ3n) is 4.50. The van der Waals surface area contributed by atoms with Crippen LogP contribution in [0.15, 0.2) is 65.8 Å². The number of carbonyl (C=O) groups excluding carboxylic acids is 1. The largest absolute Gasteiger partial charge is 0.493 e. The minimum absolute atomic E-state index is 0.0278. The molecule has 0 aromatic heterocycles. The highest BCUT2D eigenvalue weighted by Crippen LogP contribution is 2.34. The second kappa shape index (κ2) is 11.6. The van der Waals surface area contributed by atoms with Crippen LogP contribution in [-0.4, -0.2) is 24.2 Å². The number of nitro groups is 1. The number of ether oxygens (including phenoxy) is 2. The van der Waals surface area contributed by atoms with E-state index in [9.17, 15) is 14.9 Å². The quantitative estimate of drug-likeness (QED) is 0.164. The second-order valence-electron chi connectivity index (χ2n) is 6.81. The standard InChI is InChI=1S/C23H19ClIN3O5/c1-32-21-11-16(10-20(25)23(21)33-14-17-4-2-3-5-19(17)24)13-26-27-22(29)12-15-6-8-18(9-7-15)28(30)31/h2-11,13H,12,14H2,1H3,(H,27,29)/b26-13-. The van der Waals surface area contributed by atoms with E-state index in [4.69, 9.17) is 21.1 Å². The van der Waals surface area contributed by atoms with Gasteiger partial charge in [-0.25, -0.2) is 5.43 Å². The summed E-state index contributed by atoms with van der Waals surface area (Å²) >= 11 is 8.33. The van der Waals surface area contributed by atoms with E-state index in [1.54, 1.807) is 19.2 Å². The molecule has 1 N–H and O–H groups in total. The van der Waals surface area contributed by atoms with E-state index in [1.165, 1.54) is 30.5 Å². The summed E-state index contributed by atoms with van der Waals surface area (Å²) in [4.78, 5) is 22.3. The molecule has 3 aromatic rings. The Morgan fingerprint density at radius 1 is 1.21 bits per heavy atom. The number of non-ortho nitro benzene ring substituents is 1. The highest BCUT2D eigenvalue weighted by molar-refractivity contribution is 14.1. The molecule has 3 aromatic carbocycles. The van der Waals surface area contributed by atoms with Crippen LogP contribution in [0.5, 0.6) is 11.5 Å². The van der Waals surface area contributed by atoms with Gasteiger partial charge in [-0.2, -0.15) is 5.10 Å². The number of amides is 1. The summed E-state index contributed by atoms with van der Waals surface area (Å²) in [5.41, 5.74) is 4.63. The van der Waals surface area contributed by atoms with E-state index in [0.29, 0.717) is 27.6 Å². The van der Waals surface area contributed by atoms with Crippen molar-refractivity contribution in [3.05, 3.63) is 96.1 Å². The summed E-state index contributed by atoms with van der Waals surface area (Å²) in [7, 11) is 1.54. The number of hydrogen-bond acceptors (Lipinski definition) is 6. The van der Waals surface area contributed by atoms with Crippen molar-refractivity contribution in [2.24, 2.45) is 5.10 Å². The van der Waals surface area contributed by atoms with Crippen LogP contribution in [0.4, 0.5) is 5.69 Å². The SMILES string of the molecule is COc1cc(/C=N\NC(=O)Cc2ccc([N+](=O)[O-])cc2)cc(I)c1OCc1ccccc1Cl. The monoisotopic (exact) mass is 579 g/mol. The predicted octanol–water partition coefficient (Wildman–Crippen LogP) is 5.13. The fourth-order valence-corrected chi connectivity index (χ4v) is 3.83. The number of methoxy groups -OCH3 is 1. The Labute approximate surface area is 208 Å². The van der Waals surface area contributed by atoms with E-state index >= 15 is 0 Å². The van der Waals surface area contributed by atoms with E-state index in [-0.39, 0.29) is 24.6 Å². The van der Waals surface area contributed by atoms with Crippen molar-refractivity contribution < 1.29 is 19.2 Å². The van der Waals surface area contributed by atoms with Crippen LogP contribution >= 0.6 is 34.2 Å². The van der Waals surface area contributed by atoms with Crippen LogP contribution in [0.1, 0.15) is 16.7 Å². The number of hydrogen-bond donors (Lipinski definition) is 1. The zero-order valence-corrected chi connectivity index (χ0v) is 20.4. The van der Waals surface area contributed by atoms with Gasteiger partial charge in [0.25, 0.3) is 5.69 Å². The maximum absolute atomic E-state index is 12.1. The van der Waals surface area contributed by atoms with Crippen LogP contribution in [0, 0.1) is 13.7 Å². The first-order valence-corrected chi connectivity index (χ1v) is 11.1. The Balaban J connectivity index is 1.62. The molecule has 3 rings (SSSR count). The molecule has 0 atom stereocenters. The minimum Gasteiger partial charge on any atom is -0.493 e. The first kappa shape index (κ1) is 24.5. The molecule has 10 heteroatoms. The Morgan fingerprint density at radius 2 is 1.94 bits per heavy atom. The molecule has 8 nitrogen and oxygen atoms in total. The molecule has 0 aliphatic rings. The number of halogens is 2. The van der Waals surface area contributed by atoms with Crippen molar-refractivity contribution in [1.29, 1.82) is 0 Å². The lowest BCUT2D eigenvalue weighted by atomic mass is 10.1. The van der Waals surface area contributed by atoms with E-state index in [1.807, 2.05) is 24.3 Å². The van der Waals surface area contributed by atoms with Crippen molar-refractivity contribution in [2.75, 3.05) is 7.11 Å². The summed E-state index contributed by atoms with van der Waals surface area (Å²) in [6.45, 7) is 0.290. The normalized spacial score (nSPS) is 10.8. The minimum atomic E-state index is -0.489. The lowest BCUT2D eigenvalue weighted by Gasteiger charge is -2.14. The van der Waals surface area contributed by atoms with Gasteiger partial charge in [-0.05, 0) is 51.9 Å². The molecular weight excluding hydrogens is 561 g/mol. The molecule has 0 saturated heterocycles. The van der Waals surface area contributed by atoms with Gasteiger partial charge in [-0.3, -0.25) is 14.9 Å². The van der Waals surface area contributed by atoms with Gasteiger partial charge in [0.15, 0.2) is 11.5 Å². The van der Waals surface area contributed by atoms with E-state index in [0.717, 1.165) is 9.13 Å². The lowest BCUT2D eigenvalue weighted by Crippen LogP contribution is -2.19. The van der Waals surface area contributed by atoms with Gasteiger partial charge < -0.3 is 9.47 Å². The summed E-state index contributed by atoms with van der Waals surface area (Å²) < 4.78 is 12.2. The van der Waals surface area contributed by atoms with Gasteiger partial charge in [0.05, 0.1) is 28.2 Å². The molecule has 33 heavy (non-hydrogen) atoms. The number of nitrogens with one attached hydrogen (secondary N) is 1. The molecule has 0 heterocycles. The molecule has 0 spiro atoms. The van der Waals surface area contributed by atoms with Crippen LogP contribution in [0.3, 0.4) is 0 Å². The summed E-state index contributed by atoms with van der Waals surface area (Å²) in [6.07, 6.45) is 1.54. The predicted molar refractivity (Wildman–Crippen MR) is 134 cm³/mol. The number of nitrogens with zero attached hydrogens (tertiary/aromatic N) is 2. The maximum atomic E-state index is 12.1. The third-order valence-corrected chi connectivity index (χ3v) is 5.67. The number of nitro benzene ring substituents is 1. The highest BCUT2D eigenvalue weighted by atomic mass is 127. The second-order valence-corrected chi connectivity index (χ2v) is 8.38.